The van der Waals surface area contributed by atoms with Crippen molar-refractivity contribution in [3.63, 3.8) is 0 Å². The van der Waals surface area contributed by atoms with Gasteiger partial charge in [-0.2, -0.15) is 0 Å². The normalized spacial score (nSPS) is 12.2. The number of rotatable bonds is 6. The SMILES string of the molecule is Cc1cccc(C(CO)CCOc2cccc(Br)c2)c1. The van der Waals surface area contributed by atoms with E-state index >= 15 is 0 Å². The molecule has 0 saturated heterocycles. The summed E-state index contributed by atoms with van der Waals surface area (Å²) in [7, 11) is 0. The van der Waals surface area contributed by atoms with Crippen LogP contribution in [0.1, 0.15) is 23.5 Å². The van der Waals surface area contributed by atoms with Gasteiger partial charge in [0.15, 0.2) is 0 Å². The van der Waals surface area contributed by atoms with Crippen LogP contribution < -0.4 is 4.74 Å². The highest BCUT2D eigenvalue weighted by Gasteiger charge is 2.10. The quantitative estimate of drug-likeness (QED) is 0.853. The molecule has 1 atom stereocenters. The monoisotopic (exact) mass is 334 g/mol. The minimum Gasteiger partial charge on any atom is -0.494 e. The van der Waals surface area contributed by atoms with Crippen LogP contribution in [0.25, 0.3) is 0 Å². The summed E-state index contributed by atoms with van der Waals surface area (Å²) < 4.78 is 6.74. The van der Waals surface area contributed by atoms with Gasteiger partial charge < -0.3 is 9.84 Å². The molecule has 2 aromatic carbocycles. The van der Waals surface area contributed by atoms with Crippen LogP contribution in [0, 0.1) is 6.92 Å². The molecule has 0 bridgehead atoms. The Balaban J connectivity index is 1.91. The molecule has 2 aromatic rings. The van der Waals surface area contributed by atoms with Crippen molar-refractivity contribution >= 4 is 15.9 Å². The zero-order chi connectivity index (χ0) is 14.4. The molecule has 106 valence electrons. The van der Waals surface area contributed by atoms with Crippen LogP contribution in [-0.4, -0.2) is 18.3 Å². The van der Waals surface area contributed by atoms with Crippen molar-refractivity contribution in [1.29, 1.82) is 0 Å². The predicted molar refractivity (Wildman–Crippen MR) is 85.3 cm³/mol. The topological polar surface area (TPSA) is 29.5 Å². The first kappa shape index (κ1) is 15.1. The van der Waals surface area contributed by atoms with Crippen molar-refractivity contribution in [2.75, 3.05) is 13.2 Å². The van der Waals surface area contributed by atoms with Gasteiger partial charge in [-0.15, -0.1) is 0 Å². The molecule has 3 heteroatoms. The van der Waals surface area contributed by atoms with Crippen molar-refractivity contribution in [1.82, 2.24) is 0 Å². The predicted octanol–water partition coefficient (Wildman–Crippen LogP) is 4.30. The highest BCUT2D eigenvalue weighted by atomic mass is 79.9. The summed E-state index contributed by atoms with van der Waals surface area (Å²) >= 11 is 3.42. The van der Waals surface area contributed by atoms with E-state index in [1.807, 2.05) is 30.3 Å². The van der Waals surface area contributed by atoms with Crippen molar-refractivity contribution in [3.8, 4) is 5.75 Å². The Bertz CT molecular complexity index is 554. The van der Waals surface area contributed by atoms with Gasteiger partial charge in [0.25, 0.3) is 0 Å². The van der Waals surface area contributed by atoms with Gasteiger partial charge >= 0.3 is 0 Å². The van der Waals surface area contributed by atoms with Crippen LogP contribution in [0.2, 0.25) is 0 Å². The van der Waals surface area contributed by atoms with Gasteiger partial charge in [0.1, 0.15) is 5.75 Å². The number of hydrogen-bond donors (Lipinski definition) is 1. The molecule has 2 nitrogen and oxygen atoms in total. The zero-order valence-corrected chi connectivity index (χ0v) is 13.1. The third-order valence-electron chi connectivity index (χ3n) is 3.27. The van der Waals surface area contributed by atoms with E-state index in [2.05, 4.69) is 41.1 Å². The van der Waals surface area contributed by atoms with Crippen LogP contribution in [0.4, 0.5) is 0 Å². The molecule has 1 N–H and O–H groups in total. The van der Waals surface area contributed by atoms with Crippen LogP contribution in [0.5, 0.6) is 5.75 Å². The van der Waals surface area contributed by atoms with Crippen molar-refractivity contribution < 1.29 is 9.84 Å². The second-order valence-electron chi connectivity index (χ2n) is 4.89. The summed E-state index contributed by atoms with van der Waals surface area (Å²) in [5.41, 5.74) is 2.39. The highest BCUT2D eigenvalue weighted by molar-refractivity contribution is 9.10. The first-order chi connectivity index (χ1) is 9.69. The second-order valence-corrected chi connectivity index (χ2v) is 5.80. The summed E-state index contributed by atoms with van der Waals surface area (Å²) in [6, 6.07) is 16.1. The lowest BCUT2D eigenvalue weighted by atomic mass is 9.95. The third kappa shape index (κ3) is 4.36. The molecule has 0 aliphatic carbocycles. The minimum atomic E-state index is 0.127. The van der Waals surface area contributed by atoms with Gasteiger partial charge in [0, 0.05) is 10.4 Å². The fourth-order valence-corrected chi connectivity index (χ4v) is 2.54. The van der Waals surface area contributed by atoms with E-state index in [0.717, 1.165) is 16.6 Å². The second kappa shape index (κ2) is 7.46. The summed E-state index contributed by atoms with van der Waals surface area (Å²) in [6.07, 6.45) is 0.798. The highest BCUT2D eigenvalue weighted by Crippen LogP contribution is 2.22. The Hall–Kier alpha value is -1.32. The lowest BCUT2D eigenvalue weighted by Gasteiger charge is -2.16. The van der Waals surface area contributed by atoms with Gasteiger partial charge in [-0.05, 0) is 37.1 Å². The molecule has 20 heavy (non-hydrogen) atoms. The average Bonchev–Trinajstić information content (AvgIpc) is 2.44. The Morgan fingerprint density at radius 3 is 2.65 bits per heavy atom. The fourth-order valence-electron chi connectivity index (χ4n) is 2.16. The molecule has 0 saturated carbocycles. The molecule has 0 aliphatic heterocycles. The van der Waals surface area contributed by atoms with E-state index in [1.54, 1.807) is 0 Å². The molecule has 0 aliphatic rings. The number of aryl methyl sites for hydroxylation is 1. The molecule has 0 amide bonds. The number of ether oxygens (including phenoxy) is 1. The Morgan fingerprint density at radius 1 is 1.15 bits per heavy atom. The van der Waals surface area contributed by atoms with E-state index in [1.165, 1.54) is 11.1 Å². The lowest BCUT2D eigenvalue weighted by Crippen LogP contribution is -2.09. The molecule has 0 fully saturated rings. The fraction of sp³-hybridized carbons (Fsp3) is 0.294. The largest absolute Gasteiger partial charge is 0.494 e. The maximum Gasteiger partial charge on any atom is 0.120 e. The molecular formula is C17H19BrO2. The Kier molecular flexibility index (Phi) is 5.62. The molecule has 0 heterocycles. The van der Waals surface area contributed by atoms with Crippen LogP contribution in [0.3, 0.4) is 0 Å². The number of aliphatic hydroxyl groups excluding tert-OH is 1. The van der Waals surface area contributed by atoms with Gasteiger partial charge in [-0.25, -0.2) is 0 Å². The van der Waals surface area contributed by atoms with Gasteiger partial charge in [-0.3, -0.25) is 0 Å². The van der Waals surface area contributed by atoms with Crippen molar-refractivity contribution in [2.24, 2.45) is 0 Å². The van der Waals surface area contributed by atoms with E-state index in [0.29, 0.717) is 6.61 Å². The summed E-state index contributed by atoms with van der Waals surface area (Å²) in [5, 5.41) is 9.55. The van der Waals surface area contributed by atoms with Crippen LogP contribution in [0.15, 0.2) is 53.0 Å². The van der Waals surface area contributed by atoms with E-state index < -0.39 is 0 Å². The Labute approximate surface area is 128 Å². The number of aliphatic hydroxyl groups is 1. The van der Waals surface area contributed by atoms with E-state index in [9.17, 15) is 5.11 Å². The lowest BCUT2D eigenvalue weighted by molar-refractivity contribution is 0.229. The molecule has 0 radical (unpaired) electrons. The Morgan fingerprint density at radius 2 is 1.95 bits per heavy atom. The van der Waals surface area contributed by atoms with Crippen LogP contribution >= 0.6 is 15.9 Å². The maximum absolute atomic E-state index is 9.55. The number of benzene rings is 2. The first-order valence-corrected chi connectivity index (χ1v) is 7.54. The first-order valence-electron chi connectivity index (χ1n) is 6.75. The minimum absolute atomic E-state index is 0.127. The smallest absolute Gasteiger partial charge is 0.120 e. The van der Waals surface area contributed by atoms with E-state index in [-0.39, 0.29) is 12.5 Å². The van der Waals surface area contributed by atoms with Crippen molar-refractivity contribution in [3.05, 3.63) is 64.1 Å². The molecule has 1 unspecified atom stereocenters. The summed E-state index contributed by atoms with van der Waals surface area (Å²) in [6.45, 7) is 2.80. The molecule has 0 aromatic heterocycles. The third-order valence-corrected chi connectivity index (χ3v) is 3.76. The number of halogens is 1. The van der Waals surface area contributed by atoms with Crippen molar-refractivity contribution in [2.45, 2.75) is 19.3 Å². The van der Waals surface area contributed by atoms with Crippen LogP contribution in [-0.2, 0) is 0 Å². The molecular weight excluding hydrogens is 316 g/mol. The van der Waals surface area contributed by atoms with Gasteiger partial charge in [-0.1, -0.05) is 51.8 Å². The average molecular weight is 335 g/mol. The summed E-state index contributed by atoms with van der Waals surface area (Å²) in [5.74, 6) is 0.974. The maximum atomic E-state index is 9.55. The van der Waals surface area contributed by atoms with Gasteiger partial charge in [0.2, 0.25) is 0 Å². The van der Waals surface area contributed by atoms with E-state index in [4.69, 9.17) is 4.74 Å². The number of hydrogen-bond acceptors (Lipinski definition) is 2. The van der Waals surface area contributed by atoms with Gasteiger partial charge in [0.05, 0.1) is 13.2 Å². The summed E-state index contributed by atoms with van der Waals surface area (Å²) in [4.78, 5) is 0. The molecule has 2 rings (SSSR count). The zero-order valence-electron chi connectivity index (χ0n) is 11.6. The molecule has 0 spiro atoms. The standard InChI is InChI=1S/C17H19BrO2/c1-13-4-2-5-14(10-13)15(12-19)8-9-20-17-7-3-6-16(18)11-17/h2-7,10-11,15,19H,8-9,12H2,1H3.